The number of para-hydroxylation sites is 1. The first-order valence-corrected chi connectivity index (χ1v) is 8.69. The van der Waals surface area contributed by atoms with Crippen LogP contribution in [0, 0.1) is 0 Å². The van der Waals surface area contributed by atoms with Crippen molar-refractivity contribution >= 4 is 22.7 Å². The number of carbonyl (C=O) groups is 2. The van der Waals surface area contributed by atoms with Gasteiger partial charge in [0.25, 0.3) is 0 Å². The number of phenols is 1. The highest BCUT2D eigenvalue weighted by molar-refractivity contribution is 6.16. The van der Waals surface area contributed by atoms with Gasteiger partial charge >= 0.3 is 5.97 Å². The van der Waals surface area contributed by atoms with Crippen molar-refractivity contribution in [3.05, 3.63) is 65.9 Å². The van der Waals surface area contributed by atoms with Crippen LogP contribution >= 0.6 is 0 Å². The molecule has 26 heavy (non-hydrogen) atoms. The van der Waals surface area contributed by atoms with Crippen molar-refractivity contribution in [3.63, 3.8) is 0 Å². The van der Waals surface area contributed by atoms with Crippen molar-refractivity contribution in [1.29, 1.82) is 0 Å². The number of carbonyl (C=O) groups excluding carboxylic acids is 1. The van der Waals surface area contributed by atoms with Gasteiger partial charge in [-0.2, -0.15) is 0 Å². The number of fused-ring (bicyclic) bond motifs is 1. The Labute approximate surface area is 151 Å². The number of carboxylic acid groups (broad SMARTS) is 1. The topological polar surface area (TPSA) is 79.5 Å². The number of ketones is 1. The summed E-state index contributed by atoms with van der Waals surface area (Å²) in [6, 6.07) is 14.0. The molecule has 0 radical (unpaired) electrons. The van der Waals surface area contributed by atoms with Gasteiger partial charge in [0.1, 0.15) is 5.75 Å². The van der Waals surface area contributed by atoms with Crippen molar-refractivity contribution in [2.75, 3.05) is 0 Å². The fraction of sp³-hybridized carbons (Fsp3) is 0.238. The number of hydrogen-bond acceptors (Lipinski definition) is 3. The Kier molecular flexibility index (Phi) is 5.37. The standard InChI is InChI=1S/C21H21NO4/c23-16-11-9-15(10-12-16)21(26)18-14-22(13-5-1-2-8-20(24)25)19-7-4-3-6-17(18)19/h3-4,6-7,9-12,14,23H,1-2,5,8,13H2,(H,24,25). The minimum Gasteiger partial charge on any atom is -0.508 e. The van der Waals surface area contributed by atoms with Gasteiger partial charge in [-0.05, 0) is 43.2 Å². The Hall–Kier alpha value is -3.08. The Morgan fingerprint density at radius 1 is 0.923 bits per heavy atom. The summed E-state index contributed by atoms with van der Waals surface area (Å²) in [5.41, 5.74) is 2.16. The summed E-state index contributed by atoms with van der Waals surface area (Å²) in [4.78, 5) is 23.5. The summed E-state index contributed by atoms with van der Waals surface area (Å²) in [5.74, 6) is -0.714. The first kappa shape index (κ1) is 17.7. The van der Waals surface area contributed by atoms with Crippen molar-refractivity contribution in [2.45, 2.75) is 32.2 Å². The summed E-state index contributed by atoms with van der Waals surface area (Å²) in [5, 5.41) is 19.0. The molecule has 0 spiro atoms. The van der Waals surface area contributed by atoms with E-state index in [4.69, 9.17) is 5.11 Å². The zero-order valence-electron chi connectivity index (χ0n) is 14.4. The van der Waals surface area contributed by atoms with Gasteiger partial charge in [0.05, 0.1) is 0 Å². The van der Waals surface area contributed by atoms with E-state index in [0.717, 1.165) is 30.3 Å². The lowest BCUT2D eigenvalue weighted by Crippen LogP contribution is -2.01. The number of phenolic OH excluding ortho intramolecular Hbond substituents is 1. The first-order chi connectivity index (χ1) is 12.6. The number of aryl methyl sites for hydroxylation is 1. The molecular formula is C21H21NO4. The number of benzene rings is 2. The van der Waals surface area contributed by atoms with E-state index in [1.807, 2.05) is 30.5 Å². The van der Waals surface area contributed by atoms with Crippen LogP contribution in [0.15, 0.2) is 54.7 Å². The molecule has 2 aromatic carbocycles. The quantitative estimate of drug-likeness (QED) is 0.470. The smallest absolute Gasteiger partial charge is 0.303 e. The predicted octanol–water partition coefficient (Wildman–Crippen LogP) is 4.22. The fourth-order valence-electron chi connectivity index (χ4n) is 3.12. The largest absolute Gasteiger partial charge is 0.508 e. The molecule has 3 rings (SSSR count). The second-order valence-electron chi connectivity index (χ2n) is 6.33. The average molecular weight is 351 g/mol. The highest BCUT2D eigenvalue weighted by Crippen LogP contribution is 2.25. The molecule has 0 saturated carbocycles. The van der Waals surface area contributed by atoms with Gasteiger partial charge in [-0.15, -0.1) is 0 Å². The Morgan fingerprint density at radius 2 is 1.65 bits per heavy atom. The van der Waals surface area contributed by atoms with Crippen molar-refractivity contribution in [2.24, 2.45) is 0 Å². The Bertz CT molecular complexity index is 925. The van der Waals surface area contributed by atoms with Crippen molar-refractivity contribution in [1.82, 2.24) is 4.57 Å². The molecule has 0 aliphatic heterocycles. The van der Waals surface area contributed by atoms with Crippen LogP contribution in [0.5, 0.6) is 5.75 Å². The third kappa shape index (κ3) is 3.94. The summed E-state index contributed by atoms with van der Waals surface area (Å²) in [6.45, 7) is 0.739. The number of aliphatic carboxylic acids is 1. The lowest BCUT2D eigenvalue weighted by molar-refractivity contribution is -0.137. The summed E-state index contributed by atoms with van der Waals surface area (Å²) < 4.78 is 2.06. The average Bonchev–Trinajstić information content (AvgIpc) is 3.00. The molecule has 0 bridgehead atoms. The van der Waals surface area contributed by atoms with Crippen molar-refractivity contribution in [3.8, 4) is 5.75 Å². The lowest BCUT2D eigenvalue weighted by atomic mass is 10.0. The van der Waals surface area contributed by atoms with E-state index in [1.54, 1.807) is 12.1 Å². The molecule has 0 atom stereocenters. The van der Waals surface area contributed by atoms with Crippen LogP contribution in [-0.4, -0.2) is 26.5 Å². The molecule has 3 aromatic rings. The van der Waals surface area contributed by atoms with Crippen LogP contribution in [0.2, 0.25) is 0 Å². The Balaban J connectivity index is 1.81. The molecule has 2 N–H and O–H groups in total. The molecule has 0 fully saturated rings. The highest BCUT2D eigenvalue weighted by atomic mass is 16.4. The number of hydrogen-bond donors (Lipinski definition) is 2. The SMILES string of the molecule is O=C(O)CCCCCn1cc(C(=O)c2ccc(O)cc2)c2ccccc21. The minimum atomic E-state index is -0.766. The molecule has 1 aromatic heterocycles. The van der Waals surface area contributed by atoms with Crippen molar-refractivity contribution < 1.29 is 19.8 Å². The summed E-state index contributed by atoms with van der Waals surface area (Å²) >= 11 is 0. The molecule has 0 aliphatic rings. The summed E-state index contributed by atoms with van der Waals surface area (Å²) in [7, 11) is 0. The maximum Gasteiger partial charge on any atom is 0.303 e. The van der Waals surface area contributed by atoms with Gasteiger partial charge in [0, 0.05) is 41.2 Å². The van der Waals surface area contributed by atoms with Gasteiger partial charge in [-0.1, -0.05) is 24.6 Å². The normalized spacial score (nSPS) is 10.9. The Morgan fingerprint density at radius 3 is 2.38 bits per heavy atom. The van der Waals surface area contributed by atoms with Gasteiger partial charge in [0.15, 0.2) is 5.78 Å². The number of carboxylic acids is 1. The summed E-state index contributed by atoms with van der Waals surface area (Å²) in [6.07, 6.45) is 4.42. The van der Waals surface area contributed by atoms with Gasteiger partial charge < -0.3 is 14.8 Å². The molecule has 1 heterocycles. The molecule has 134 valence electrons. The second-order valence-corrected chi connectivity index (χ2v) is 6.33. The number of nitrogens with zero attached hydrogens (tertiary/aromatic N) is 1. The zero-order chi connectivity index (χ0) is 18.5. The molecule has 0 saturated heterocycles. The van der Waals surface area contributed by atoms with E-state index in [2.05, 4.69) is 4.57 Å². The van der Waals surface area contributed by atoms with E-state index >= 15 is 0 Å². The number of aromatic hydroxyl groups is 1. The number of rotatable bonds is 8. The zero-order valence-corrected chi connectivity index (χ0v) is 14.4. The van der Waals surface area contributed by atoms with Gasteiger partial charge in [-0.3, -0.25) is 9.59 Å². The van der Waals surface area contributed by atoms with E-state index < -0.39 is 5.97 Å². The molecule has 0 unspecified atom stereocenters. The maximum absolute atomic E-state index is 12.9. The van der Waals surface area contributed by atoms with E-state index in [9.17, 15) is 14.7 Å². The third-order valence-corrected chi connectivity index (χ3v) is 4.45. The minimum absolute atomic E-state index is 0.0779. The van der Waals surface area contributed by atoms with E-state index in [-0.39, 0.29) is 18.0 Å². The van der Waals surface area contributed by atoms with Crippen LogP contribution in [0.4, 0.5) is 0 Å². The second kappa shape index (κ2) is 7.87. The maximum atomic E-state index is 12.9. The van der Waals surface area contributed by atoms with E-state index in [0.29, 0.717) is 17.5 Å². The monoisotopic (exact) mass is 351 g/mol. The van der Waals surface area contributed by atoms with E-state index in [1.165, 1.54) is 12.1 Å². The third-order valence-electron chi connectivity index (χ3n) is 4.45. The molecule has 0 aliphatic carbocycles. The highest BCUT2D eigenvalue weighted by Gasteiger charge is 2.16. The first-order valence-electron chi connectivity index (χ1n) is 8.69. The molecular weight excluding hydrogens is 330 g/mol. The van der Waals surface area contributed by atoms with Crippen LogP contribution < -0.4 is 0 Å². The van der Waals surface area contributed by atoms with Crippen LogP contribution in [0.3, 0.4) is 0 Å². The molecule has 0 amide bonds. The van der Waals surface area contributed by atoms with Crippen LogP contribution in [0.25, 0.3) is 10.9 Å². The van der Waals surface area contributed by atoms with Gasteiger partial charge in [-0.25, -0.2) is 0 Å². The van der Waals surface area contributed by atoms with Crippen LogP contribution in [0.1, 0.15) is 41.6 Å². The van der Waals surface area contributed by atoms with Gasteiger partial charge in [0.2, 0.25) is 0 Å². The number of unbranched alkanes of at least 4 members (excludes halogenated alkanes) is 2. The van der Waals surface area contributed by atoms with Crippen LogP contribution in [-0.2, 0) is 11.3 Å². The lowest BCUT2D eigenvalue weighted by Gasteiger charge is -2.04. The number of aromatic nitrogens is 1. The molecule has 5 heteroatoms. The predicted molar refractivity (Wildman–Crippen MR) is 99.6 cm³/mol. The molecule has 5 nitrogen and oxygen atoms in total. The fourth-order valence-corrected chi connectivity index (χ4v) is 3.12.